The maximum absolute atomic E-state index is 11.9. The smallest absolute Gasteiger partial charge is 0.239 e. The summed E-state index contributed by atoms with van der Waals surface area (Å²) < 4.78 is 0. The number of carbonyl (C=O) groups is 2. The van der Waals surface area contributed by atoms with Gasteiger partial charge in [0.1, 0.15) is 0 Å². The van der Waals surface area contributed by atoms with E-state index in [2.05, 4.69) is 11.9 Å². The van der Waals surface area contributed by atoms with Gasteiger partial charge in [-0.2, -0.15) is 0 Å². The highest BCUT2D eigenvalue weighted by Crippen LogP contribution is 2.17. The van der Waals surface area contributed by atoms with Gasteiger partial charge in [0.15, 0.2) is 0 Å². The molecule has 1 unspecified atom stereocenters. The summed E-state index contributed by atoms with van der Waals surface area (Å²) in [5.41, 5.74) is 10.7. The van der Waals surface area contributed by atoms with Gasteiger partial charge in [0.2, 0.25) is 11.8 Å². The van der Waals surface area contributed by atoms with Crippen molar-refractivity contribution in [3.05, 3.63) is 0 Å². The van der Waals surface area contributed by atoms with Gasteiger partial charge in [-0.15, -0.1) is 0 Å². The molecule has 6 heteroatoms. The molecule has 1 aliphatic heterocycles. The van der Waals surface area contributed by atoms with Crippen molar-refractivity contribution >= 4 is 11.8 Å². The third kappa shape index (κ3) is 4.62. The fraction of sp³-hybridized carbons (Fsp3) is 0.833. The number of likely N-dealkylation sites (N-methyl/N-ethyl adjacent to an activating group) is 1. The zero-order valence-corrected chi connectivity index (χ0v) is 11.3. The number of carbonyl (C=O) groups excluding carboxylic acids is 2. The molecule has 1 fully saturated rings. The molecule has 0 spiro atoms. The number of hydrogen-bond donors (Lipinski definition) is 2. The summed E-state index contributed by atoms with van der Waals surface area (Å²) in [7, 11) is 3.84. The van der Waals surface area contributed by atoms with Crippen molar-refractivity contribution < 1.29 is 9.59 Å². The van der Waals surface area contributed by atoms with Gasteiger partial charge in [0.25, 0.3) is 0 Å². The Morgan fingerprint density at radius 3 is 2.44 bits per heavy atom. The number of rotatable bonds is 5. The lowest BCUT2D eigenvalue weighted by Gasteiger charge is -2.32. The number of amides is 2. The predicted molar refractivity (Wildman–Crippen MR) is 69.6 cm³/mol. The van der Waals surface area contributed by atoms with Crippen molar-refractivity contribution in [2.45, 2.75) is 25.3 Å². The number of nitrogens with two attached hydrogens (primary N) is 2. The molecule has 0 aromatic carbocycles. The van der Waals surface area contributed by atoms with E-state index in [9.17, 15) is 9.59 Å². The average molecular weight is 256 g/mol. The van der Waals surface area contributed by atoms with Crippen molar-refractivity contribution in [3.8, 4) is 0 Å². The van der Waals surface area contributed by atoms with Gasteiger partial charge in [-0.3, -0.25) is 9.59 Å². The Hall–Kier alpha value is -1.14. The minimum atomic E-state index is -0.807. The fourth-order valence-corrected chi connectivity index (χ4v) is 2.31. The Labute approximate surface area is 108 Å². The lowest BCUT2D eigenvalue weighted by atomic mass is 9.96. The van der Waals surface area contributed by atoms with E-state index in [4.69, 9.17) is 11.5 Å². The highest BCUT2D eigenvalue weighted by atomic mass is 16.2. The van der Waals surface area contributed by atoms with Crippen LogP contribution in [0.3, 0.4) is 0 Å². The molecule has 1 aliphatic rings. The minimum absolute atomic E-state index is 0.0867. The summed E-state index contributed by atoms with van der Waals surface area (Å²) in [6.45, 7) is 2.85. The van der Waals surface area contributed by atoms with E-state index < -0.39 is 11.9 Å². The third-order valence-electron chi connectivity index (χ3n) is 3.48. The van der Waals surface area contributed by atoms with Crippen LogP contribution in [0.4, 0.5) is 0 Å². The number of likely N-dealkylation sites (tertiary alicyclic amines) is 1. The second kappa shape index (κ2) is 6.70. The summed E-state index contributed by atoms with van der Waals surface area (Å²) in [4.78, 5) is 26.5. The van der Waals surface area contributed by atoms with Gasteiger partial charge in [0, 0.05) is 13.6 Å². The van der Waals surface area contributed by atoms with E-state index >= 15 is 0 Å². The largest absolute Gasteiger partial charge is 0.370 e. The van der Waals surface area contributed by atoms with Crippen LogP contribution in [0.5, 0.6) is 0 Å². The first-order chi connectivity index (χ1) is 8.40. The molecule has 1 atom stereocenters. The SMILES string of the molecule is CN1CCC(CN(C)C(=O)C(N)CC(N)=O)CC1. The molecular formula is C12H24N4O2. The number of piperidine rings is 1. The van der Waals surface area contributed by atoms with Gasteiger partial charge in [-0.1, -0.05) is 0 Å². The molecule has 6 nitrogen and oxygen atoms in total. The monoisotopic (exact) mass is 256 g/mol. The van der Waals surface area contributed by atoms with Crippen LogP contribution in [0.1, 0.15) is 19.3 Å². The summed E-state index contributed by atoms with van der Waals surface area (Å²) in [5.74, 6) is -0.216. The number of hydrogen-bond acceptors (Lipinski definition) is 4. The molecule has 0 radical (unpaired) electrons. The molecule has 0 aromatic heterocycles. The van der Waals surface area contributed by atoms with Crippen molar-refractivity contribution in [1.82, 2.24) is 9.80 Å². The first-order valence-corrected chi connectivity index (χ1v) is 6.37. The van der Waals surface area contributed by atoms with Crippen LogP contribution in [-0.2, 0) is 9.59 Å². The Bertz CT molecular complexity index is 300. The van der Waals surface area contributed by atoms with E-state index in [-0.39, 0.29) is 12.3 Å². The Balaban J connectivity index is 2.37. The molecule has 0 aliphatic carbocycles. The molecular weight excluding hydrogens is 232 g/mol. The van der Waals surface area contributed by atoms with Gasteiger partial charge in [0.05, 0.1) is 12.5 Å². The zero-order valence-electron chi connectivity index (χ0n) is 11.3. The molecule has 2 amide bonds. The molecule has 104 valence electrons. The lowest BCUT2D eigenvalue weighted by molar-refractivity contribution is -0.134. The first kappa shape index (κ1) is 14.9. The van der Waals surface area contributed by atoms with Crippen LogP contribution in [-0.4, -0.2) is 61.4 Å². The first-order valence-electron chi connectivity index (χ1n) is 6.37. The van der Waals surface area contributed by atoms with E-state index in [0.717, 1.165) is 25.9 Å². The summed E-state index contributed by atoms with van der Waals surface area (Å²) in [6, 6.07) is -0.807. The van der Waals surface area contributed by atoms with Gasteiger partial charge in [-0.25, -0.2) is 0 Å². The molecule has 0 bridgehead atoms. The molecule has 1 saturated heterocycles. The van der Waals surface area contributed by atoms with E-state index in [0.29, 0.717) is 12.5 Å². The van der Waals surface area contributed by atoms with E-state index in [1.807, 2.05) is 0 Å². The standard InChI is InChI=1S/C12H24N4O2/c1-15-5-3-9(4-6-15)8-16(2)12(18)10(13)7-11(14)17/h9-10H,3-8,13H2,1-2H3,(H2,14,17). The summed E-state index contributed by atoms with van der Waals surface area (Å²) in [5, 5.41) is 0. The van der Waals surface area contributed by atoms with Gasteiger partial charge >= 0.3 is 0 Å². The maximum Gasteiger partial charge on any atom is 0.239 e. The molecule has 4 N–H and O–H groups in total. The maximum atomic E-state index is 11.9. The van der Waals surface area contributed by atoms with Crippen LogP contribution < -0.4 is 11.5 Å². The van der Waals surface area contributed by atoms with Crippen LogP contribution in [0.15, 0.2) is 0 Å². The molecule has 0 saturated carbocycles. The van der Waals surface area contributed by atoms with E-state index in [1.165, 1.54) is 0 Å². The lowest BCUT2D eigenvalue weighted by Crippen LogP contribution is -2.46. The highest BCUT2D eigenvalue weighted by Gasteiger charge is 2.24. The Morgan fingerprint density at radius 1 is 1.39 bits per heavy atom. The predicted octanol–water partition coefficient (Wildman–Crippen LogP) is -1.01. The highest BCUT2D eigenvalue weighted by molar-refractivity contribution is 5.87. The van der Waals surface area contributed by atoms with Crippen molar-refractivity contribution in [2.75, 3.05) is 33.7 Å². The molecule has 1 rings (SSSR count). The topological polar surface area (TPSA) is 92.7 Å². The van der Waals surface area contributed by atoms with Gasteiger partial charge < -0.3 is 21.3 Å². The molecule has 18 heavy (non-hydrogen) atoms. The van der Waals surface area contributed by atoms with Crippen LogP contribution in [0, 0.1) is 5.92 Å². The Morgan fingerprint density at radius 2 is 1.94 bits per heavy atom. The fourth-order valence-electron chi connectivity index (χ4n) is 2.31. The van der Waals surface area contributed by atoms with Gasteiger partial charge in [-0.05, 0) is 38.9 Å². The summed E-state index contributed by atoms with van der Waals surface area (Å²) >= 11 is 0. The van der Waals surface area contributed by atoms with Crippen molar-refractivity contribution in [1.29, 1.82) is 0 Å². The minimum Gasteiger partial charge on any atom is -0.370 e. The second-order valence-corrected chi connectivity index (χ2v) is 5.24. The summed E-state index contributed by atoms with van der Waals surface area (Å²) in [6.07, 6.45) is 2.11. The van der Waals surface area contributed by atoms with Crippen LogP contribution in [0.2, 0.25) is 0 Å². The molecule has 1 heterocycles. The van der Waals surface area contributed by atoms with Crippen LogP contribution >= 0.6 is 0 Å². The van der Waals surface area contributed by atoms with Crippen molar-refractivity contribution in [2.24, 2.45) is 17.4 Å². The quantitative estimate of drug-likeness (QED) is 0.659. The third-order valence-corrected chi connectivity index (χ3v) is 3.48. The Kier molecular flexibility index (Phi) is 5.55. The number of primary amides is 1. The number of nitrogens with zero attached hydrogens (tertiary/aromatic N) is 2. The average Bonchev–Trinajstić information content (AvgIpc) is 2.30. The van der Waals surface area contributed by atoms with E-state index in [1.54, 1.807) is 11.9 Å². The van der Waals surface area contributed by atoms with Crippen LogP contribution in [0.25, 0.3) is 0 Å². The molecule has 0 aromatic rings. The zero-order chi connectivity index (χ0) is 13.7. The second-order valence-electron chi connectivity index (χ2n) is 5.24. The van der Waals surface area contributed by atoms with Crippen molar-refractivity contribution in [3.63, 3.8) is 0 Å². The normalized spacial score (nSPS) is 19.5.